The molecule has 0 aliphatic heterocycles. The SMILES string of the molecule is Cc1nn(C)c2nc(S(C)(=O)=O)cc(-c3ccc(NC(=O)Nc4cccc(C(F)(F)F)c4)cc3)c12. The second-order valence-corrected chi connectivity index (χ2v) is 9.89. The fourth-order valence-corrected chi connectivity index (χ4v) is 4.22. The molecule has 2 N–H and O–H groups in total. The summed E-state index contributed by atoms with van der Waals surface area (Å²) in [6.07, 6.45) is -3.45. The lowest BCUT2D eigenvalue weighted by atomic mass is 10.0. The van der Waals surface area contributed by atoms with Crippen LogP contribution in [0.25, 0.3) is 22.2 Å². The normalized spacial score (nSPS) is 12.1. The van der Waals surface area contributed by atoms with Crippen LogP contribution in [-0.4, -0.2) is 35.5 Å². The molecule has 0 aliphatic carbocycles. The number of urea groups is 1. The highest BCUT2D eigenvalue weighted by Crippen LogP contribution is 2.33. The molecule has 4 aromatic rings. The molecule has 0 fully saturated rings. The lowest BCUT2D eigenvalue weighted by Gasteiger charge is -2.12. The number of nitrogens with one attached hydrogen (secondary N) is 2. The predicted molar refractivity (Wildman–Crippen MR) is 126 cm³/mol. The van der Waals surface area contributed by atoms with Gasteiger partial charge in [0.25, 0.3) is 0 Å². The number of aryl methyl sites for hydroxylation is 2. The van der Waals surface area contributed by atoms with E-state index >= 15 is 0 Å². The highest BCUT2D eigenvalue weighted by atomic mass is 32.2. The molecular weight excluding hydrogens is 483 g/mol. The van der Waals surface area contributed by atoms with E-state index in [1.54, 1.807) is 38.2 Å². The summed E-state index contributed by atoms with van der Waals surface area (Å²) in [5, 5.41) is 9.88. The molecule has 2 amide bonds. The van der Waals surface area contributed by atoms with Crippen LogP contribution >= 0.6 is 0 Å². The van der Waals surface area contributed by atoms with Crippen LogP contribution in [0.15, 0.2) is 59.6 Å². The van der Waals surface area contributed by atoms with Gasteiger partial charge in [-0.2, -0.15) is 18.3 Å². The zero-order chi connectivity index (χ0) is 25.5. The Bertz CT molecular complexity index is 1550. The number of rotatable bonds is 4. The summed E-state index contributed by atoms with van der Waals surface area (Å²) in [4.78, 5) is 16.5. The maximum atomic E-state index is 12.9. The summed E-state index contributed by atoms with van der Waals surface area (Å²) in [6, 6.07) is 11.6. The maximum absolute atomic E-state index is 12.9. The Labute approximate surface area is 198 Å². The van der Waals surface area contributed by atoms with Gasteiger partial charge >= 0.3 is 12.2 Å². The van der Waals surface area contributed by atoms with Gasteiger partial charge < -0.3 is 10.6 Å². The number of hydrogen-bond donors (Lipinski definition) is 2. The lowest BCUT2D eigenvalue weighted by molar-refractivity contribution is -0.137. The second kappa shape index (κ2) is 8.69. The fourth-order valence-electron chi connectivity index (χ4n) is 3.64. The largest absolute Gasteiger partial charge is 0.416 e. The standard InChI is InChI=1S/C23H20F3N5O3S/c1-13-20-18(12-19(35(3,33)34)29-21(20)31(2)30-13)14-7-9-16(10-8-14)27-22(32)28-17-6-4-5-15(11-17)23(24,25)26/h4-12H,1-3H3,(H2,27,28,32). The molecule has 12 heteroatoms. The summed E-state index contributed by atoms with van der Waals surface area (Å²) >= 11 is 0. The summed E-state index contributed by atoms with van der Waals surface area (Å²) in [5.41, 5.74) is 1.88. The number of nitrogens with zero attached hydrogens (tertiary/aromatic N) is 3. The van der Waals surface area contributed by atoms with Crippen LogP contribution in [0.2, 0.25) is 0 Å². The first-order chi connectivity index (χ1) is 16.3. The first-order valence-electron chi connectivity index (χ1n) is 10.2. The van der Waals surface area contributed by atoms with Crippen LogP contribution in [0.5, 0.6) is 0 Å². The van der Waals surface area contributed by atoms with E-state index in [0.717, 1.165) is 18.4 Å². The van der Waals surface area contributed by atoms with Crippen LogP contribution in [0, 0.1) is 6.92 Å². The smallest absolute Gasteiger partial charge is 0.308 e. The van der Waals surface area contributed by atoms with Crippen molar-refractivity contribution < 1.29 is 26.4 Å². The predicted octanol–water partition coefficient (Wildman–Crippen LogP) is 5.01. The first-order valence-corrected chi connectivity index (χ1v) is 12.1. The van der Waals surface area contributed by atoms with E-state index in [1.165, 1.54) is 22.9 Å². The quantitative estimate of drug-likeness (QED) is 0.407. The molecule has 0 unspecified atom stereocenters. The van der Waals surface area contributed by atoms with E-state index in [9.17, 15) is 26.4 Å². The van der Waals surface area contributed by atoms with Crippen molar-refractivity contribution in [3.63, 3.8) is 0 Å². The van der Waals surface area contributed by atoms with Gasteiger partial charge in [0.15, 0.2) is 20.5 Å². The van der Waals surface area contributed by atoms with Gasteiger partial charge in [0, 0.05) is 30.1 Å². The van der Waals surface area contributed by atoms with Gasteiger partial charge in [0.2, 0.25) is 0 Å². The summed E-state index contributed by atoms with van der Waals surface area (Å²) in [7, 11) is -1.91. The number of halogens is 3. The summed E-state index contributed by atoms with van der Waals surface area (Å²) < 4.78 is 64.5. The van der Waals surface area contributed by atoms with Crippen molar-refractivity contribution in [2.75, 3.05) is 16.9 Å². The van der Waals surface area contributed by atoms with Crippen LogP contribution in [0.4, 0.5) is 29.3 Å². The Morgan fingerprint density at radius 1 is 1.00 bits per heavy atom. The number of sulfone groups is 1. The Kier molecular flexibility index (Phi) is 6.01. The molecule has 182 valence electrons. The van der Waals surface area contributed by atoms with E-state index in [4.69, 9.17) is 0 Å². The van der Waals surface area contributed by atoms with Crippen molar-refractivity contribution in [3.05, 3.63) is 65.9 Å². The zero-order valence-corrected chi connectivity index (χ0v) is 19.6. The van der Waals surface area contributed by atoms with Crippen LogP contribution in [-0.2, 0) is 23.1 Å². The molecule has 0 aliphatic rings. The van der Waals surface area contributed by atoms with Gasteiger partial charge in [0.1, 0.15) is 0 Å². The molecule has 0 atom stereocenters. The Hall–Kier alpha value is -3.93. The topological polar surface area (TPSA) is 106 Å². The van der Waals surface area contributed by atoms with Crippen molar-refractivity contribution in [1.29, 1.82) is 0 Å². The van der Waals surface area contributed by atoms with E-state index < -0.39 is 27.6 Å². The Morgan fingerprint density at radius 3 is 2.29 bits per heavy atom. The van der Waals surface area contributed by atoms with E-state index in [1.807, 2.05) is 0 Å². The van der Waals surface area contributed by atoms with Gasteiger partial charge in [-0.05, 0) is 54.4 Å². The molecule has 2 heterocycles. The van der Waals surface area contributed by atoms with Gasteiger partial charge in [-0.1, -0.05) is 18.2 Å². The number of pyridine rings is 1. The van der Waals surface area contributed by atoms with Gasteiger partial charge in [-0.15, -0.1) is 0 Å². The maximum Gasteiger partial charge on any atom is 0.416 e. The third-order valence-corrected chi connectivity index (χ3v) is 6.20. The minimum absolute atomic E-state index is 0.00604. The number of amides is 2. The molecule has 0 bridgehead atoms. The molecule has 8 nitrogen and oxygen atoms in total. The third-order valence-electron chi connectivity index (χ3n) is 5.23. The van der Waals surface area contributed by atoms with Gasteiger partial charge in [0.05, 0.1) is 11.3 Å². The number of alkyl halides is 3. The van der Waals surface area contributed by atoms with Crippen molar-refractivity contribution in [2.24, 2.45) is 7.05 Å². The van der Waals surface area contributed by atoms with Crippen molar-refractivity contribution in [2.45, 2.75) is 18.1 Å². The van der Waals surface area contributed by atoms with Crippen LogP contribution in [0.1, 0.15) is 11.3 Å². The van der Waals surface area contributed by atoms with E-state index in [-0.39, 0.29) is 10.7 Å². The van der Waals surface area contributed by atoms with E-state index in [2.05, 4.69) is 20.7 Å². The van der Waals surface area contributed by atoms with Crippen molar-refractivity contribution in [3.8, 4) is 11.1 Å². The van der Waals surface area contributed by atoms with Crippen LogP contribution < -0.4 is 10.6 Å². The number of carbonyl (C=O) groups is 1. The second-order valence-electron chi connectivity index (χ2n) is 7.92. The average Bonchev–Trinajstić information content (AvgIpc) is 3.06. The summed E-state index contributed by atoms with van der Waals surface area (Å²) in [6.45, 7) is 1.79. The monoisotopic (exact) mass is 503 g/mol. The highest BCUT2D eigenvalue weighted by molar-refractivity contribution is 7.90. The molecular formula is C23H20F3N5O3S. The lowest BCUT2D eigenvalue weighted by Crippen LogP contribution is -2.19. The number of anilines is 2. The molecule has 0 spiro atoms. The molecule has 2 aromatic carbocycles. The average molecular weight is 504 g/mol. The number of aromatic nitrogens is 3. The van der Waals surface area contributed by atoms with E-state index in [0.29, 0.717) is 33.5 Å². The molecule has 0 radical (unpaired) electrons. The minimum Gasteiger partial charge on any atom is -0.308 e. The number of carbonyl (C=O) groups excluding carboxylic acids is 1. The molecule has 0 saturated carbocycles. The van der Waals surface area contributed by atoms with Crippen molar-refractivity contribution >= 4 is 38.3 Å². The summed E-state index contributed by atoms with van der Waals surface area (Å²) in [5.74, 6) is 0. The molecule has 35 heavy (non-hydrogen) atoms. The number of benzene rings is 2. The highest BCUT2D eigenvalue weighted by Gasteiger charge is 2.30. The number of hydrogen-bond acceptors (Lipinski definition) is 5. The fraction of sp³-hybridized carbons (Fsp3) is 0.174. The molecule has 2 aromatic heterocycles. The first kappa shape index (κ1) is 24.2. The van der Waals surface area contributed by atoms with Gasteiger partial charge in [-0.3, -0.25) is 4.68 Å². The third kappa shape index (κ3) is 5.11. The minimum atomic E-state index is -4.52. The van der Waals surface area contributed by atoms with Gasteiger partial charge in [-0.25, -0.2) is 18.2 Å². The Morgan fingerprint density at radius 2 is 1.66 bits per heavy atom. The zero-order valence-electron chi connectivity index (χ0n) is 18.8. The molecule has 0 saturated heterocycles. The Balaban J connectivity index is 1.60. The van der Waals surface area contributed by atoms with Crippen LogP contribution in [0.3, 0.4) is 0 Å². The molecule has 4 rings (SSSR count). The number of fused-ring (bicyclic) bond motifs is 1. The van der Waals surface area contributed by atoms with Crippen molar-refractivity contribution in [1.82, 2.24) is 14.8 Å².